The Morgan fingerprint density at radius 1 is 0.413 bits per heavy atom. The summed E-state index contributed by atoms with van der Waals surface area (Å²) < 4.78 is 65.4. The van der Waals surface area contributed by atoms with Gasteiger partial charge in [-0.1, -0.05) is 18.2 Å². The number of hydrogen-bond acceptors (Lipinski definition) is 13. The Morgan fingerprint density at radius 3 is 0.957 bits per heavy atom. The summed E-state index contributed by atoms with van der Waals surface area (Å²) in [6.45, 7) is 17.2. The minimum atomic E-state index is -1.45. The molecule has 0 radical (unpaired) electrons. The Balaban J connectivity index is 1.64. The molecule has 14 heteroatoms. The highest BCUT2D eigenvalue weighted by Crippen LogP contribution is 2.02. The number of benzene rings is 1. The van der Waals surface area contributed by atoms with Gasteiger partial charge in [-0.2, -0.15) is 0 Å². The summed E-state index contributed by atoms with van der Waals surface area (Å²) in [4.78, 5) is 11.8. The highest BCUT2D eigenvalue weighted by Gasteiger charge is 2.13. The van der Waals surface area contributed by atoms with Crippen molar-refractivity contribution in [3.05, 3.63) is 35.9 Å². The van der Waals surface area contributed by atoms with E-state index in [0.29, 0.717) is 144 Å². The van der Waals surface area contributed by atoms with Crippen LogP contribution in [0.1, 0.15) is 10.4 Å². The molecule has 0 aliphatic rings. The Kier molecular flexibility index (Phi) is 29.6. The molecule has 0 fully saturated rings. The quantitative estimate of drug-likeness (QED) is 0.0594. The maximum atomic E-state index is 11.8. The van der Waals surface area contributed by atoms with Crippen molar-refractivity contribution in [1.29, 1.82) is 0 Å². The van der Waals surface area contributed by atoms with E-state index < -0.39 is 8.32 Å². The molecule has 0 heterocycles. The number of hydrogen-bond donors (Lipinski definition) is 0. The molecule has 0 aromatic heterocycles. The molecule has 13 nitrogen and oxygen atoms in total. The van der Waals surface area contributed by atoms with Gasteiger partial charge in [0.1, 0.15) is 6.61 Å². The average molecular weight is 679 g/mol. The van der Waals surface area contributed by atoms with Crippen LogP contribution in [-0.4, -0.2) is 160 Å². The molecule has 1 aromatic carbocycles. The van der Waals surface area contributed by atoms with Crippen molar-refractivity contribution < 1.29 is 61.3 Å². The van der Waals surface area contributed by atoms with E-state index in [0.717, 1.165) is 0 Å². The third-order valence-corrected chi connectivity index (χ3v) is 6.65. The van der Waals surface area contributed by atoms with Crippen LogP contribution in [0.4, 0.5) is 0 Å². The Hall–Kier alpha value is -1.53. The maximum Gasteiger partial charge on any atom is 0.338 e. The molecule has 1 aromatic rings. The molecule has 0 atom stereocenters. The fourth-order valence-corrected chi connectivity index (χ4v) is 4.03. The molecule has 1 rings (SSSR count). The molecule has 0 N–H and O–H groups in total. The molecule has 0 amide bonds. The first-order valence-corrected chi connectivity index (χ1v) is 19.5. The van der Waals surface area contributed by atoms with Gasteiger partial charge in [0.25, 0.3) is 0 Å². The van der Waals surface area contributed by atoms with E-state index in [2.05, 4.69) is 19.6 Å². The molecule has 46 heavy (non-hydrogen) atoms. The number of ether oxygens (including phenoxy) is 11. The topological polar surface area (TPSA) is 128 Å². The largest absolute Gasteiger partial charge is 0.460 e. The second-order valence-electron chi connectivity index (χ2n) is 10.6. The minimum absolute atomic E-state index is 0.203. The molecule has 268 valence electrons. The van der Waals surface area contributed by atoms with Crippen LogP contribution in [0.5, 0.6) is 0 Å². The van der Waals surface area contributed by atoms with Crippen molar-refractivity contribution >= 4 is 14.3 Å². The summed E-state index contributed by atoms with van der Waals surface area (Å²) in [6.07, 6.45) is 0. The molecule has 0 unspecified atom stereocenters. The number of carbonyl (C=O) groups excluding carboxylic acids is 1. The normalized spacial score (nSPS) is 11.7. The number of esters is 1. The molecular formula is C32H58O13Si. The highest BCUT2D eigenvalue weighted by molar-refractivity contribution is 6.69. The van der Waals surface area contributed by atoms with Gasteiger partial charge in [0, 0.05) is 0 Å². The van der Waals surface area contributed by atoms with Gasteiger partial charge in [0.15, 0.2) is 8.32 Å². The Labute approximate surface area is 276 Å². The second-order valence-corrected chi connectivity index (χ2v) is 15.1. The standard InChI is InChI=1S/C32H58O13Si/c1-46(2,3)45-30-28-43-26-24-41-22-20-39-18-16-37-14-12-35-10-9-34-11-13-36-15-17-38-19-21-40-23-25-42-27-29-44-32(33)31-7-5-4-6-8-31/h4-8H,9-30H2,1-3H3. The van der Waals surface area contributed by atoms with Gasteiger partial charge in [-0.15, -0.1) is 0 Å². The van der Waals surface area contributed by atoms with Gasteiger partial charge in [0.2, 0.25) is 0 Å². The lowest BCUT2D eigenvalue weighted by Gasteiger charge is -2.16. The predicted molar refractivity (Wildman–Crippen MR) is 174 cm³/mol. The van der Waals surface area contributed by atoms with Gasteiger partial charge in [-0.3, -0.25) is 0 Å². The predicted octanol–water partition coefficient (Wildman–Crippen LogP) is 2.86. The molecule has 0 bridgehead atoms. The van der Waals surface area contributed by atoms with Gasteiger partial charge in [-0.25, -0.2) is 4.79 Å². The molecular weight excluding hydrogens is 620 g/mol. The first-order chi connectivity index (χ1) is 22.5. The van der Waals surface area contributed by atoms with E-state index in [1.807, 2.05) is 6.07 Å². The fourth-order valence-electron chi connectivity index (χ4n) is 3.34. The van der Waals surface area contributed by atoms with Crippen molar-refractivity contribution in [2.45, 2.75) is 19.6 Å². The molecule has 0 aliphatic carbocycles. The lowest BCUT2D eigenvalue weighted by atomic mass is 10.2. The van der Waals surface area contributed by atoms with E-state index in [4.69, 9.17) is 56.5 Å². The third-order valence-electron chi connectivity index (χ3n) is 5.58. The number of carbonyl (C=O) groups is 1. The summed E-state index contributed by atoms with van der Waals surface area (Å²) in [6, 6.07) is 8.85. The highest BCUT2D eigenvalue weighted by atomic mass is 28.4. The first-order valence-electron chi connectivity index (χ1n) is 16.1. The zero-order valence-corrected chi connectivity index (χ0v) is 29.3. The van der Waals surface area contributed by atoms with E-state index in [1.165, 1.54) is 0 Å². The van der Waals surface area contributed by atoms with Crippen molar-refractivity contribution in [3.63, 3.8) is 0 Å². The summed E-state index contributed by atoms with van der Waals surface area (Å²) in [7, 11) is -1.45. The average Bonchev–Trinajstić information content (AvgIpc) is 3.04. The van der Waals surface area contributed by atoms with Crippen LogP contribution in [-0.2, 0) is 56.5 Å². The summed E-state index contributed by atoms with van der Waals surface area (Å²) in [5, 5.41) is 0. The summed E-state index contributed by atoms with van der Waals surface area (Å²) >= 11 is 0. The SMILES string of the molecule is C[Si](C)(C)OCCOCCOCCOCCOCCOCCOCCOCCOCCOCCOCCOC(=O)c1ccccc1. The van der Waals surface area contributed by atoms with Crippen LogP contribution in [0.15, 0.2) is 30.3 Å². The summed E-state index contributed by atoms with van der Waals surface area (Å²) in [5.74, 6) is -0.356. The lowest BCUT2D eigenvalue weighted by Crippen LogP contribution is -2.27. The van der Waals surface area contributed by atoms with Crippen molar-refractivity contribution in [2.75, 3.05) is 145 Å². The van der Waals surface area contributed by atoms with E-state index >= 15 is 0 Å². The zero-order valence-electron chi connectivity index (χ0n) is 28.3. The van der Waals surface area contributed by atoms with Crippen molar-refractivity contribution in [1.82, 2.24) is 0 Å². The smallest absolute Gasteiger partial charge is 0.338 e. The van der Waals surface area contributed by atoms with E-state index in [1.54, 1.807) is 24.3 Å². The lowest BCUT2D eigenvalue weighted by molar-refractivity contribution is -0.0274. The van der Waals surface area contributed by atoms with Gasteiger partial charge < -0.3 is 56.5 Å². The van der Waals surface area contributed by atoms with Gasteiger partial charge in [0.05, 0.1) is 144 Å². The van der Waals surface area contributed by atoms with E-state index in [9.17, 15) is 4.79 Å². The number of rotatable bonds is 35. The van der Waals surface area contributed by atoms with Gasteiger partial charge in [-0.05, 0) is 31.8 Å². The molecule has 0 saturated heterocycles. The second kappa shape index (κ2) is 32.0. The van der Waals surface area contributed by atoms with Crippen LogP contribution in [0.25, 0.3) is 0 Å². The zero-order chi connectivity index (χ0) is 33.2. The summed E-state index contributed by atoms with van der Waals surface area (Å²) in [5.41, 5.74) is 0.526. The monoisotopic (exact) mass is 678 g/mol. The third kappa shape index (κ3) is 31.1. The first kappa shape index (κ1) is 42.5. The van der Waals surface area contributed by atoms with E-state index in [-0.39, 0.29) is 12.6 Å². The maximum absolute atomic E-state index is 11.8. The Morgan fingerprint density at radius 2 is 0.674 bits per heavy atom. The van der Waals surface area contributed by atoms with Gasteiger partial charge >= 0.3 is 5.97 Å². The van der Waals surface area contributed by atoms with Crippen LogP contribution in [0.3, 0.4) is 0 Å². The van der Waals surface area contributed by atoms with Crippen LogP contribution < -0.4 is 0 Å². The van der Waals surface area contributed by atoms with Crippen molar-refractivity contribution in [2.24, 2.45) is 0 Å². The molecule has 0 aliphatic heterocycles. The minimum Gasteiger partial charge on any atom is -0.460 e. The Bertz CT molecular complexity index is 783. The fraction of sp³-hybridized carbons (Fsp3) is 0.781. The molecule has 0 spiro atoms. The van der Waals surface area contributed by atoms with Crippen molar-refractivity contribution in [3.8, 4) is 0 Å². The molecule has 0 saturated carbocycles. The van der Waals surface area contributed by atoms with Crippen LogP contribution in [0.2, 0.25) is 19.6 Å². The van der Waals surface area contributed by atoms with Crippen LogP contribution in [0, 0.1) is 0 Å². The van der Waals surface area contributed by atoms with Crippen LogP contribution >= 0.6 is 0 Å².